The Morgan fingerprint density at radius 1 is 1.73 bits per heavy atom. The number of pyridine rings is 1. The molecule has 1 aromatic heterocycles. The summed E-state index contributed by atoms with van der Waals surface area (Å²) in [5, 5.41) is 10.5. The highest BCUT2D eigenvalue weighted by molar-refractivity contribution is 14.1. The Balaban J connectivity index is 2.79. The maximum Gasteiger partial charge on any atom is 0.410 e. The van der Waals surface area contributed by atoms with Gasteiger partial charge in [0, 0.05) is 9.77 Å². The normalized spacial score (nSPS) is 9.18. The van der Waals surface area contributed by atoms with Crippen LogP contribution in [-0.2, 0) is 0 Å². The molecule has 1 aromatic rings. The summed E-state index contributed by atoms with van der Waals surface area (Å²) in [4.78, 5) is 13.9. The van der Waals surface area contributed by atoms with E-state index in [1.54, 1.807) is 18.3 Å². The molecule has 0 atom stereocenters. The van der Waals surface area contributed by atoms with Crippen LogP contribution in [0.1, 0.15) is 0 Å². The van der Waals surface area contributed by atoms with E-state index in [0.717, 1.165) is 3.57 Å². The second-order valence-corrected chi connectivity index (χ2v) is 3.04. The Labute approximate surface area is 76.8 Å². The van der Waals surface area contributed by atoms with Gasteiger partial charge < -0.3 is 5.11 Å². The van der Waals surface area contributed by atoms with Crippen molar-refractivity contribution < 1.29 is 9.90 Å². The third-order valence-corrected chi connectivity index (χ3v) is 1.63. The number of carboxylic acid groups (broad SMARTS) is 1. The number of hydrogen-bond acceptors (Lipinski definition) is 2. The molecule has 0 aliphatic heterocycles. The molecule has 11 heavy (non-hydrogen) atoms. The van der Waals surface area contributed by atoms with Gasteiger partial charge in [0.15, 0.2) is 0 Å². The van der Waals surface area contributed by atoms with Gasteiger partial charge in [-0.15, -0.1) is 0 Å². The van der Waals surface area contributed by atoms with Gasteiger partial charge in [-0.1, -0.05) is 0 Å². The van der Waals surface area contributed by atoms with E-state index < -0.39 is 6.09 Å². The van der Waals surface area contributed by atoms with E-state index in [0.29, 0.717) is 5.82 Å². The molecule has 4 nitrogen and oxygen atoms in total. The lowest BCUT2D eigenvalue weighted by Gasteiger charge is -1.97. The SMILES string of the molecule is O=C(O)Nc1cc(I)ccn1. The molecule has 5 heteroatoms. The second kappa shape index (κ2) is 3.51. The molecule has 0 aromatic carbocycles. The molecular formula is C6H5IN2O2. The van der Waals surface area contributed by atoms with Crippen molar-refractivity contribution in [3.63, 3.8) is 0 Å². The summed E-state index contributed by atoms with van der Waals surface area (Å²) >= 11 is 2.08. The number of amides is 1. The zero-order valence-electron chi connectivity index (χ0n) is 5.41. The fraction of sp³-hybridized carbons (Fsp3) is 0. The maximum atomic E-state index is 10.1. The van der Waals surface area contributed by atoms with Crippen LogP contribution in [0.3, 0.4) is 0 Å². The second-order valence-electron chi connectivity index (χ2n) is 1.79. The monoisotopic (exact) mass is 264 g/mol. The molecule has 2 N–H and O–H groups in total. The first-order chi connectivity index (χ1) is 5.18. The summed E-state index contributed by atoms with van der Waals surface area (Å²) < 4.78 is 0.946. The highest BCUT2D eigenvalue weighted by Crippen LogP contribution is 2.08. The van der Waals surface area contributed by atoms with E-state index in [4.69, 9.17) is 5.11 Å². The lowest BCUT2D eigenvalue weighted by atomic mass is 10.5. The first kappa shape index (κ1) is 8.25. The molecule has 1 heterocycles. The van der Waals surface area contributed by atoms with Gasteiger partial charge in [-0.3, -0.25) is 5.32 Å². The number of nitrogens with one attached hydrogen (secondary N) is 1. The van der Waals surface area contributed by atoms with E-state index in [9.17, 15) is 4.79 Å². The number of hydrogen-bond donors (Lipinski definition) is 2. The lowest BCUT2D eigenvalue weighted by molar-refractivity contribution is 0.209. The zero-order chi connectivity index (χ0) is 8.27. The van der Waals surface area contributed by atoms with E-state index in [1.165, 1.54) is 0 Å². The Bertz CT molecular complexity index is 277. The fourth-order valence-corrected chi connectivity index (χ4v) is 1.04. The summed E-state index contributed by atoms with van der Waals surface area (Å²) in [6, 6.07) is 3.43. The minimum Gasteiger partial charge on any atom is -0.465 e. The topological polar surface area (TPSA) is 62.2 Å². The minimum atomic E-state index is -1.10. The van der Waals surface area contributed by atoms with Gasteiger partial charge in [0.2, 0.25) is 0 Å². The van der Waals surface area contributed by atoms with Crippen molar-refractivity contribution in [1.82, 2.24) is 4.98 Å². The van der Waals surface area contributed by atoms with Gasteiger partial charge in [0.05, 0.1) is 0 Å². The van der Waals surface area contributed by atoms with Crippen molar-refractivity contribution in [2.45, 2.75) is 0 Å². The predicted molar refractivity (Wildman–Crippen MR) is 48.6 cm³/mol. The molecule has 58 valence electrons. The average molecular weight is 264 g/mol. The van der Waals surface area contributed by atoms with E-state index >= 15 is 0 Å². The highest BCUT2D eigenvalue weighted by atomic mass is 127. The molecule has 1 rings (SSSR count). The Morgan fingerprint density at radius 3 is 3.00 bits per heavy atom. The molecule has 0 aliphatic carbocycles. The summed E-state index contributed by atoms with van der Waals surface area (Å²) in [5.41, 5.74) is 0. The van der Waals surface area contributed by atoms with Crippen LogP contribution in [-0.4, -0.2) is 16.2 Å². The summed E-state index contributed by atoms with van der Waals surface area (Å²) in [5.74, 6) is 0.351. The molecule has 0 fully saturated rings. The molecule has 0 radical (unpaired) electrons. The van der Waals surface area contributed by atoms with Crippen LogP contribution in [0, 0.1) is 3.57 Å². The number of halogens is 1. The van der Waals surface area contributed by atoms with E-state index in [-0.39, 0.29) is 0 Å². The predicted octanol–water partition coefficient (Wildman–Crippen LogP) is 1.78. The van der Waals surface area contributed by atoms with Crippen molar-refractivity contribution in [1.29, 1.82) is 0 Å². The average Bonchev–Trinajstić information content (AvgIpc) is 1.85. The molecule has 0 aliphatic rings. The van der Waals surface area contributed by atoms with Crippen LogP contribution < -0.4 is 5.32 Å². The van der Waals surface area contributed by atoms with Gasteiger partial charge in [-0.25, -0.2) is 9.78 Å². The smallest absolute Gasteiger partial charge is 0.410 e. The maximum absolute atomic E-state index is 10.1. The van der Waals surface area contributed by atoms with Gasteiger partial charge in [-0.05, 0) is 34.7 Å². The quantitative estimate of drug-likeness (QED) is 0.760. The van der Waals surface area contributed by atoms with Crippen LogP contribution in [0.5, 0.6) is 0 Å². The lowest BCUT2D eigenvalue weighted by Crippen LogP contribution is -2.08. The van der Waals surface area contributed by atoms with Gasteiger partial charge in [0.25, 0.3) is 0 Å². The molecule has 0 bridgehead atoms. The third-order valence-electron chi connectivity index (χ3n) is 0.957. The fourth-order valence-electron chi connectivity index (χ4n) is 0.583. The first-order valence-corrected chi connectivity index (χ1v) is 3.88. The van der Waals surface area contributed by atoms with Crippen molar-refractivity contribution in [3.05, 3.63) is 21.9 Å². The van der Waals surface area contributed by atoms with Gasteiger partial charge in [-0.2, -0.15) is 0 Å². The molecule has 0 unspecified atom stereocenters. The van der Waals surface area contributed by atoms with Crippen LogP contribution in [0.15, 0.2) is 18.3 Å². The van der Waals surface area contributed by atoms with E-state index in [1.807, 2.05) is 0 Å². The summed E-state index contributed by atoms with van der Waals surface area (Å²) in [7, 11) is 0. The van der Waals surface area contributed by atoms with Crippen molar-refractivity contribution in [2.75, 3.05) is 5.32 Å². The van der Waals surface area contributed by atoms with E-state index in [2.05, 4.69) is 32.9 Å². The van der Waals surface area contributed by atoms with Gasteiger partial charge in [0.1, 0.15) is 5.82 Å². The van der Waals surface area contributed by atoms with Crippen molar-refractivity contribution in [2.24, 2.45) is 0 Å². The van der Waals surface area contributed by atoms with Crippen LogP contribution in [0.2, 0.25) is 0 Å². The van der Waals surface area contributed by atoms with Gasteiger partial charge >= 0.3 is 6.09 Å². The zero-order valence-corrected chi connectivity index (χ0v) is 7.57. The van der Waals surface area contributed by atoms with Crippen molar-refractivity contribution in [3.8, 4) is 0 Å². The molecule has 1 amide bonds. The molecule has 0 spiro atoms. The van der Waals surface area contributed by atoms with Crippen LogP contribution in [0.4, 0.5) is 10.6 Å². The third kappa shape index (κ3) is 2.71. The first-order valence-electron chi connectivity index (χ1n) is 2.80. The Hall–Kier alpha value is -0.850. The van der Waals surface area contributed by atoms with Crippen molar-refractivity contribution >= 4 is 34.5 Å². The standard InChI is InChI=1S/C6H5IN2O2/c7-4-1-2-8-5(3-4)9-6(10)11/h1-3H,(H,8,9)(H,10,11). The molecular weight excluding hydrogens is 259 g/mol. The molecule has 0 saturated heterocycles. The number of nitrogens with zero attached hydrogens (tertiary/aromatic N) is 1. The summed E-state index contributed by atoms with van der Waals surface area (Å²) in [6.07, 6.45) is 0.451. The number of carbonyl (C=O) groups is 1. The highest BCUT2D eigenvalue weighted by Gasteiger charge is 1.97. The Kier molecular flexibility index (Phi) is 2.64. The Morgan fingerprint density at radius 2 is 2.45 bits per heavy atom. The summed E-state index contributed by atoms with van der Waals surface area (Å²) in [6.45, 7) is 0. The molecule has 0 saturated carbocycles. The van der Waals surface area contributed by atoms with Crippen LogP contribution in [0.25, 0.3) is 0 Å². The number of rotatable bonds is 1. The number of anilines is 1. The number of aromatic nitrogens is 1. The van der Waals surface area contributed by atoms with Crippen LogP contribution >= 0.6 is 22.6 Å². The largest absolute Gasteiger partial charge is 0.465 e. The minimum absolute atomic E-state index is 0.351.